The first-order valence-corrected chi connectivity index (χ1v) is 13.0. The number of hydrogen-bond donors (Lipinski definition) is 2. The second-order valence-corrected chi connectivity index (χ2v) is 11.4. The van der Waals surface area contributed by atoms with Gasteiger partial charge >= 0.3 is 6.18 Å². The van der Waals surface area contributed by atoms with E-state index in [1.54, 1.807) is 18.2 Å². The summed E-state index contributed by atoms with van der Waals surface area (Å²) in [6, 6.07) is 11.8. The van der Waals surface area contributed by atoms with Gasteiger partial charge in [0, 0.05) is 30.0 Å². The number of aromatic nitrogens is 5. The van der Waals surface area contributed by atoms with Crippen LogP contribution in [-0.2, 0) is 5.54 Å². The number of anilines is 2. The monoisotopic (exact) mass is 570 g/mol. The van der Waals surface area contributed by atoms with Crippen molar-refractivity contribution in [2.24, 2.45) is 5.41 Å². The van der Waals surface area contributed by atoms with Crippen LogP contribution in [0.5, 0.6) is 0 Å². The molecule has 5 rings (SSSR count). The second-order valence-electron chi connectivity index (χ2n) is 11.4. The standard InChI is InChI=1S/C29H25F3N10/c1-27(2,3)16-38-25-19(11-34)14-37-24-18(10-33)8-21(9-22(24)25)39-26(17-4-5-20(12-35)36-13-17)23-15-42(41-40-23)28(6-7-28)29(30,31)32/h4-5,8-9,13-15,26,39H,6-7,16H2,1-3H3,(H,37,38)/t26-/m0/s1. The Labute approximate surface area is 239 Å². The molecule has 1 atom stereocenters. The molecule has 212 valence electrons. The van der Waals surface area contributed by atoms with Gasteiger partial charge in [-0.2, -0.15) is 29.0 Å². The third kappa shape index (κ3) is 5.27. The SMILES string of the molecule is CC(C)(C)CNc1c(C#N)cnc2c(C#N)cc(N[C@@H](c3ccc(C#N)nc3)c3cn(C4(C(F)(F)F)CC4)nn3)cc12. The number of hydrogen-bond acceptors (Lipinski definition) is 9. The number of rotatable bonds is 7. The fourth-order valence-electron chi connectivity index (χ4n) is 4.62. The van der Waals surface area contributed by atoms with E-state index in [9.17, 15) is 29.0 Å². The summed E-state index contributed by atoms with van der Waals surface area (Å²) in [6.45, 7) is 6.65. The molecular weight excluding hydrogens is 545 g/mol. The van der Waals surface area contributed by atoms with Crippen molar-refractivity contribution >= 4 is 22.3 Å². The van der Waals surface area contributed by atoms with Gasteiger partial charge in [-0.25, -0.2) is 9.67 Å². The van der Waals surface area contributed by atoms with Gasteiger partial charge in [0.05, 0.1) is 34.6 Å². The van der Waals surface area contributed by atoms with Gasteiger partial charge in [-0.15, -0.1) is 5.10 Å². The fraction of sp³-hybridized carbons (Fsp3) is 0.345. The van der Waals surface area contributed by atoms with Crippen LogP contribution < -0.4 is 10.6 Å². The topological polar surface area (TPSA) is 152 Å². The minimum Gasteiger partial charge on any atom is -0.383 e. The highest BCUT2D eigenvalue weighted by molar-refractivity contribution is 5.99. The van der Waals surface area contributed by atoms with E-state index in [1.807, 2.05) is 26.8 Å². The molecule has 2 N–H and O–H groups in total. The van der Waals surface area contributed by atoms with Crippen LogP contribution in [0.15, 0.2) is 42.9 Å². The van der Waals surface area contributed by atoms with Crippen molar-refractivity contribution in [3.05, 3.63) is 70.9 Å². The van der Waals surface area contributed by atoms with Gasteiger partial charge < -0.3 is 10.6 Å². The zero-order valence-corrected chi connectivity index (χ0v) is 23.0. The maximum Gasteiger partial charge on any atom is 0.413 e. The van der Waals surface area contributed by atoms with Crippen molar-refractivity contribution in [1.29, 1.82) is 15.8 Å². The van der Waals surface area contributed by atoms with Gasteiger partial charge in [0.1, 0.15) is 29.6 Å². The highest BCUT2D eigenvalue weighted by Gasteiger charge is 2.66. The Hall–Kier alpha value is -5.22. The zero-order valence-electron chi connectivity index (χ0n) is 23.0. The van der Waals surface area contributed by atoms with E-state index in [4.69, 9.17) is 0 Å². The molecule has 3 heterocycles. The average molecular weight is 571 g/mol. The van der Waals surface area contributed by atoms with Crippen molar-refractivity contribution in [1.82, 2.24) is 25.0 Å². The molecule has 1 aliphatic carbocycles. The summed E-state index contributed by atoms with van der Waals surface area (Å²) >= 11 is 0. The average Bonchev–Trinajstić information content (AvgIpc) is 3.65. The van der Waals surface area contributed by atoms with Crippen LogP contribution in [0.1, 0.15) is 67.7 Å². The molecule has 1 saturated carbocycles. The van der Waals surface area contributed by atoms with Crippen LogP contribution in [0, 0.1) is 39.4 Å². The van der Waals surface area contributed by atoms with Crippen LogP contribution in [0.3, 0.4) is 0 Å². The molecule has 0 amide bonds. The Balaban J connectivity index is 1.62. The summed E-state index contributed by atoms with van der Waals surface area (Å²) in [5.74, 6) is 0. The lowest BCUT2D eigenvalue weighted by atomic mass is 9.96. The van der Waals surface area contributed by atoms with Crippen LogP contribution in [0.2, 0.25) is 0 Å². The number of nitrogens with zero attached hydrogens (tertiary/aromatic N) is 8. The molecule has 0 unspecified atom stereocenters. The van der Waals surface area contributed by atoms with Crippen molar-refractivity contribution in [2.45, 2.75) is 51.4 Å². The van der Waals surface area contributed by atoms with E-state index in [0.717, 1.165) is 4.68 Å². The fourth-order valence-corrected chi connectivity index (χ4v) is 4.62. The summed E-state index contributed by atoms with van der Waals surface area (Å²) in [6.07, 6.45) is -0.564. The molecule has 1 aromatic carbocycles. The molecule has 42 heavy (non-hydrogen) atoms. The number of pyridine rings is 2. The third-order valence-electron chi connectivity index (χ3n) is 7.05. The Morgan fingerprint density at radius 2 is 1.74 bits per heavy atom. The van der Waals surface area contributed by atoms with E-state index in [2.05, 4.69) is 43.1 Å². The normalized spacial score (nSPS) is 14.8. The summed E-state index contributed by atoms with van der Waals surface area (Å²) in [4.78, 5) is 8.47. The summed E-state index contributed by atoms with van der Waals surface area (Å²) in [7, 11) is 0. The van der Waals surface area contributed by atoms with Gasteiger partial charge in [0.25, 0.3) is 0 Å². The number of nitrogens with one attached hydrogen (secondary N) is 2. The molecule has 3 aromatic heterocycles. The first kappa shape index (κ1) is 28.3. The maximum atomic E-state index is 13.8. The lowest BCUT2D eigenvalue weighted by Crippen LogP contribution is -2.35. The number of halogens is 3. The molecule has 0 spiro atoms. The number of alkyl halides is 3. The smallest absolute Gasteiger partial charge is 0.383 e. The Morgan fingerprint density at radius 1 is 1.00 bits per heavy atom. The van der Waals surface area contributed by atoms with Crippen LogP contribution in [0.25, 0.3) is 10.9 Å². The molecule has 10 nitrogen and oxygen atoms in total. The molecule has 0 saturated heterocycles. The van der Waals surface area contributed by atoms with Gasteiger partial charge in [0.2, 0.25) is 0 Å². The molecule has 1 aliphatic rings. The van der Waals surface area contributed by atoms with E-state index >= 15 is 0 Å². The molecular formula is C29H25F3N10. The van der Waals surface area contributed by atoms with E-state index in [0.29, 0.717) is 39.9 Å². The van der Waals surface area contributed by atoms with E-state index in [1.165, 1.54) is 24.7 Å². The van der Waals surface area contributed by atoms with Gasteiger partial charge in [0.15, 0.2) is 5.54 Å². The lowest BCUT2D eigenvalue weighted by molar-refractivity contribution is -0.182. The zero-order chi connectivity index (χ0) is 30.3. The first-order valence-electron chi connectivity index (χ1n) is 13.0. The highest BCUT2D eigenvalue weighted by atomic mass is 19.4. The largest absolute Gasteiger partial charge is 0.413 e. The number of benzene rings is 1. The van der Waals surface area contributed by atoms with Crippen molar-refractivity contribution in [3.8, 4) is 18.2 Å². The Morgan fingerprint density at radius 3 is 2.31 bits per heavy atom. The van der Waals surface area contributed by atoms with Crippen molar-refractivity contribution < 1.29 is 13.2 Å². The van der Waals surface area contributed by atoms with Crippen LogP contribution in [0.4, 0.5) is 24.5 Å². The maximum absolute atomic E-state index is 13.8. The second kappa shape index (κ2) is 10.3. The summed E-state index contributed by atoms with van der Waals surface area (Å²) in [5.41, 5.74) is 0.506. The van der Waals surface area contributed by atoms with Gasteiger partial charge in [-0.1, -0.05) is 32.1 Å². The lowest BCUT2D eigenvalue weighted by Gasteiger charge is -2.22. The highest BCUT2D eigenvalue weighted by Crippen LogP contribution is 2.55. The quantitative estimate of drug-likeness (QED) is 0.291. The Kier molecular flexibility index (Phi) is 6.95. The predicted octanol–water partition coefficient (Wildman–Crippen LogP) is 5.55. The van der Waals surface area contributed by atoms with Crippen molar-refractivity contribution in [2.75, 3.05) is 17.2 Å². The van der Waals surface area contributed by atoms with Gasteiger partial charge in [-0.3, -0.25) is 4.98 Å². The minimum atomic E-state index is -4.49. The molecule has 1 fully saturated rings. The van der Waals surface area contributed by atoms with Crippen molar-refractivity contribution in [3.63, 3.8) is 0 Å². The minimum absolute atomic E-state index is 0.0927. The number of fused-ring (bicyclic) bond motifs is 1. The molecule has 13 heteroatoms. The van der Waals surface area contributed by atoms with Crippen LogP contribution >= 0.6 is 0 Å². The first-order chi connectivity index (χ1) is 19.9. The van der Waals surface area contributed by atoms with Crippen LogP contribution in [-0.4, -0.2) is 37.7 Å². The molecule has 0 aliphatic heterocycles. The third-order valence-corrected chi connectivity index (χ3v) is 7.05. The summed E-state index contributed by atoms with van der Waals surface area (Å²) < 4.78 is 42.3. The predicted molar refractivity (Wildman–Crippen MR) is 147 cm³/mol. The van der Waals surface area contributed by atoms with Gasteiger partial charge in [-0.05, 0) is 42.0 Å². The summed E-state index contributed by atoms with van der Waals surface area (Å²) in [5, 5.41) is 44.0. The number of nitriles is 3. The van der Waals surface area contributed by atoms with E-state index < -0.39 is 17.8 Å². The Bertz CT molecular complexity index is 1780. The molecule has 4 aromatic rings. The molecule has 0 bridgehead atoms. The van der Waals surface area contributed by atoms with E-state index in [-0.39, 0.29) is 35.2 Å². The molecule has 0 radical (unpaired) electrons.